The summed E-state index contributed by atoms with van der Waals surface area (Å²) in [6, 6.07) is 5.39. The Bertz CT molecular complexity index is 401. The molecule has 0 bridgehead atoms. The third-order valence-electron chi connectivity index (χ3n) is 2.17. The zero-order chi connectivity index (χ0) is 14.3. The van der Waals surface area contributed by atoms with E-state index in [2.05, 4.69) is 4.74 Å². The summed E-state index contributed by atoms with van der Waals surface area (Å²) in [5.41, 5.74) is 0.691. The average Bonchev–Trinajstić information content (AvgIpc) is 2.30. The smallest absolute Gasteiger partial charge is 0.406 e. The maximum Gasteiger partial charge on any atom is 0.573 e. The molecule has 0 aromatic heterocycles. The predicted octanol–water partition coefficient (Wildman–Crippen LogP) is 3.84. The van der Waals surface area contributed by atoms with Crippen molar-refractivity contribution in [3.8, 4) is 5.75 Å². The summed E-state index contributed by atoms with van der Waals surface area (Å²) in [6.45, 7) is 2.04. The van der Waals surface area contributed by atoms with Gasteiger partial charge in [-0.2, -0.15) is 11.8 Å². The van der Waals surface area contributed by atoms with E-state index >= 15 is 0 Å². The van der Waals surface area contributed by atoms with E-state index in [-0.39, 0.29) is 18.0 Å². The maximum absolute atomic E-state index is 11.9. The molecule has 106 valence electrons. The number of ketones is 1. The highest BCUT2D eigenvalue weighted by Gasteiger charge is 2.30. The molecule has 0 unspecified atom stereocenters. The van der Waals surface area contributed by atoms with Crippen LogP contribution in [-0.2, 0) is 11.2 Å². The number of alkyl halides is 3. The van der Waals surface area contributed by atoms with Crippen LogP contribution >= 0.6 is 11.8 Å². The molecule has 0 fully saturated rings. The van der Waals surface area contributed by atoms with Crippen LogP contribution in [0.2, 0.25) is 0 Å². The van der Waals surface area contributed by atoms with Gasteiger partial charge in [0.25, 0.3) is 0 Å². The summed E-state index contributed by atoms with van der Waals surface area (Å²) >= 11 is 1.57. The monoisotopic (exact) mass is 292 g/mol. The Kier molecular flexibility index (Phi) is 6.21. The number of hydrogen-bond donors (Lipinski definition) is 0. The average molecular weight is 292 g/mol. The second-order valence-electron chi connectivity index (χ2n) is 3.96. The van der Waals surface area contributed by atoms with E-state index in [0.29, 0.717) is 11.3 Å². The van der Waals surface area contributed by atoms with Crippen molar-refractivity contribution >= 4 is 17.5 Å². The molecule has 0 radical (unpaired) electrons. The standard InChI is InChI=1S/C13H15F3O2S/c1-2-7-19-9-11(17)8-10-3-5-12(6-4-10)18-13(14,15)16/h3-6H,2,7-9H2,1H3. The molecule has 2 nitrogen and oxygen atoms in total. The zero-order valence-electron chi connectivity index (χ0n) is 10.5. The summed E-state index contributed by atoms with van der Waals surface area (Å²) in [7, 11) is 0. The molecule has 0 aliphatic rings. The van der Waals surface area contributed by atoms with Crippen molar-refractivity contribution in [2.45, 2.75) is 26.1 Å². The summed E-state index contributed by atoms with van der Waals surface area (Å²) in [6.07, 6.45) is -3.43. The Morgan fingerprint density at radius 1 is 1.26 bits per heavy atom. The highest BCUT2D eigenvalue weighted by atomic mass is 32.2. The molecule has 0 spiro atoms. The van der Waals surface area contributed by atoms with Gasteiger partial charge in [-0.05, 0) is 29.9 Å². The van der Waals surface area contributed by atoms with Crippen LogP contribution < -0.4 is 4.74 Å². The van der Waals surface area contributed by atoms with Crippen molar-refractivity contribution in [1.82, 2.24) is 0 Å². The van der Waals surface area contributed by atoms with Gasteiger partial charge in [0, 0.05) is 6.42 Å². The fourth-order valence-electron chi connectivity index (χ4n) is 1.42. The first-order valence-corrected chi connectivity index (χ1v) is 7.00. The van der Waals surface area contributed by atoms with Gasteiger partial charge in [-0.15, -0.1) is 13.2 Å². The summed E-state index contributed by atoms with van der Waals surface area (Å²) in [5.74, 6) is 1.17. The molecule has 1 rings (SSSR count). The summed E-state index contributed by atoms with van der Waals surface area (Å²) in [4.78, 5) is 11.6. The van der Waals surface area contributed by atoms with Gasteiger partial charge in [0.15, 0.2) is 0 Å². The zero-order valence-corrected chi connectivity index (χ0v) is 11.3. The van der Waals surface area contributed by atoms with Crippen LogP contribution in [0.5, 0.6) is 5.75 Å². The van der Waals surface area contributed by atoms with Gasteiger partial charge in [-0.1, -0.05) is 19.1 Å². The number of benzene rings is 1. The highest BCUT2D eigenvalue weighted by molar-refractivity contribution is 7.99. The lowest BCUT2D eigenvalue weighted by Gasteiger charge is -2.09. The van der Waals surface area contributed by atoms with Crippen LogP contribution in [0.4, 0.5) is 13.2 Å². The minimum atomic E-state index is -4.69. The quantitative estimate of drug-likeness (QED) is 0.714. The van der Waals surface area contributed by atoms with Crippen molar-refractivity contribution in [2.24, 2.45) is 0 Å². The molecule has 0 aliphatic heterocycles. The van der Waals surface area contributed by atoms with E-state index in [1.807, 2.05) is 6.92 Å². The molecule has 1 aromatic carbocycles. The van der Waals surface area contributed by atoms with Gasteiger partial charge < -0.3 is 4.74 Å². The van der Waals surface area contributed by atoms with Gasteiger partial charge in [-0.3, -0.25) is 4.79 Å². The number of carbonyl (C=O) groups excluding carboxylic acids is 1. The molecule has 0 amide bonds. The molecular formula is C13H15F3O2S. The second-order valence-corrected chi connectivity index (χ2v) is 5.06. The van der Waals surface area contributed by atoms with E-state index in [4.69, 9.17) is 0 Å². The van der Waals surface area contributed by atoms with Crippen LogP contribution in [0.15, 0.2) is 24.3 Å². The Morgan fingerprint density at radius 3 is 2.42 bits per heavy atom. The van der Waals surface area contributed by atoms with E-state index in [1.54, 1.807) is 11.8 Å². The van der Waals surface area contributed by atoms with Gasteiger partial charge in [0.05, 0.1) is 5.75 Å². The molecule has 0 atom stereocenters. The third kappa shape index (κ3) is 7.10. The van der Waals surface area contributed by atoms with Crippen LogP contribution in [-0.4, -0.2) is 23.7 Å². The largest absolute Gasteiger partial charge is 0.573 e. The Balaban J connectivity index is 2.46. The van der Waals surface area contributed by atoms with E-state index < -0.39 is 6.36 Å². The van der Waals surface area contributed by atoms with E-state index in [0.717, 1.165) is 12.2 Å². The Hall–Kier alpha value is -1.17. The number of Topliss-reactive ketones (excluding diaryl/α,β-unsaturated/α-hetero) is 1. The third-order valence-corrected chi connectivity index (χ3v) is 3.39. The summed E-state index contributed by atoms with van der Waals surface area (Å²) in [5, 5.41) is 0. The molecule has 0 aliphatic carbocycles. The minimum absolute atomic E-state index is 0.0722. The lowest BCUT2D eigenvalue weighted by molar-refractivity contribution is -0.274. The normalized spacial score (nSPS) is 11.4. The SMILES string of the molecule is CCCSCC(=O)Cc1ccc(OC(F)(F)F)cc1. The van der Waals surface area contributed by atoms with Gasteiger partial charge in [-0.25, -0.2) is 0 Å². The molecule has 0 N–H and O–H groups in total. The van der Waals surface area contributed by atoms with Crippen LogP contribution in [0.3, 0.4) is 0 Å². The van der Waals surface area contributed by atoms with Crippen LogP contribution in [0.25, 0.3) is 0 Å². The number of halogens is 3. The molecule has 19 heavy (non-hydrogen) atoms. The first-order chi connectivity index (χ1) is 8.90. The first kappa shape index (κ1) is 15.9. The summed E-state index contributed by atoms with van der Waals surface area (Å²) < 4.78 is 39.6. The van der Waals surface area contributed by atoms with Gasteiger partial charge >= 0.3 is 6.36 Å². The van der Waals surface area contributed by atoms with E-state index in [9.17, 15) is 18.0 Å². The molecule has 0 saturated heterocycles. The minimum Gasteiger partial charge on any atom is -0.406 e. The fourth-order valence-corrected chi connectivity index (χ4v) is 2.18. The Morgan fingerprint density at radius 2 is 1.89 bits per heavy atom. The van der Waals surface area contributed by atoms with Crippen molar-refractivity contribution < 1.29 is 22.7 Å². The number of thioether (sulfide) groups is 1. The molecule has 0 heterocycles. The van der Waals surface area contributed by atoms with E-state index in [1.165, 1.54) is 24.3 Å². The lowest BCUT2D eigenvalue weighted by atomic mass is 10.1. The molecule has 6 heteroatoms. The van der Waals surface area contributed by atoms with Crippen LogP contribution in [0.1, 0.15) is 18.9 Å². The van der Waals surface area contributed by atoms with Crippen molar-refractivity contribution in [2.75, 3.05) is 11.5 Å². The number of ether oxygens (including phenoxy) is 1. The molecule has 0 saturated carbocycles. The lowest BCUT2D eigenvalue weighted by Crippen LogP contribution is -2.17. The fraction of sp³-hybridized carbons (Fsp3) is 0.462. The molecule has 1 aromatic rings. The van der Waals surface area contributed by atoms with Crippen LogP contribution in [0, 0.1) is 0 Å². The number of carbonyl (C=O) groups is 1. The first-order valence-electron chi connectivity index (χ1n) is 5.85. The van der Waals surface area contributed by atoms with Crippen molar-refractivity contribution in [1.29, 1.82) is 0 Å². The topological polar surface area (TPSA) is 26.3 Å². The van der Waals surface area contributed by atoms with Gasteiger partial charge in [0.2, 0.25) is 0 Å². The maximum atomic E-state index is 11.9. The number of rotatable bonds is 7. The highest BCUT2D eigenvalue weighted by Crippen LogP contribution is 2.22. The Labute approximate surface area is 114 Å². The van der Waals surface area contributed by atoms with Gasteiger partial charge in [0.1, 0.15) is 11.5 Å². The predicted molar refractivity (Wildman–Crippen MR) is 69.5 cm³/mol. The second kappa shape index (κ2) is 7.43. The number of hydrogen-bond acceptors (Lipinski definition) is 3. The molecular weight excluding hydrogens is 277 g/mol. The van der Waals surface area contributed by atoms with Crippen molar-refractivity contribution in [3.05, 3.63) is 29.8 Å². The van der Waals surface area contributed by atoms with Crippen molar-refractivity contribution in [3.63, 3.8) is 0 Å².